The van der Waals surface area contributed by atoms with Gasteiger partial charge in [-0.2, -0.15) is 11.3 Å². The van der Waals surface area contributed by atoms with Crippen LogP contribution in [0.3, 0.4) is 0 Å². The first-order valence-electron chi connectivity index (χ1n) is 8.80. The van der Waals surface area contributed by atoms with Gasteiger partial charge in [-0.3, -0.25) is 4.79 Å². The van der Waals surface area contributed by atoms with Crippen molar-refractivity contribution in [1.82, 2.24) is 10.0 Å². The largest absolute Gasteiger partial charge is 0.341 e. The minimum atomic E-state index is -4.13. The Morgan fingerprint density at radius 3 is 2.53 bits per heavy atom. The lowest BCUT2D eigenvalue weighted by Crippen LogP contribution is -2.30. The van der Waals surface area contributed by atoms with Gasteiger partial charge in [0.05, 0.1) is 6.04 Å². The van der Waals surface area contributed by atoms with Gasteiger partial charge in [-0.15, -0.1) is 6.58 Å². The second-order valence-electron chi connectivity index (χ2n) is 6.30. The normalized spacial score (nSPS) is 12.3. The van der Waals surface area contributed by atoms with E-state index in [9.17, 15) is 17.6 Å². The molecular formula is C21H18ClFN2O3S2. The highest BCUT2D eigenvalue weighted by Crippen LogP contribution is 2.26. The number of amides is 1. The van der Waals surface area contributed by atoms with E-state index in [0.29, 0.717) is 5.02 Å². The van der Waals surface area contributed by atoms with Crippen LogP contribution in [0.4, 0.5) is 4.39 Å². The summed E-state index contributed by atoms with van der Waals surface area (Å²) in [7, 11) is -4.13. The molecule has 0 aliphatic carbocycles. The van der Waals surface area contributed by atoms with Gasteiger partial charge in [0.15, 0.2) is 0 Å². The lowest BCUT2D eigenvalue weighted by Gasteiger charge is -2.19. The summed E-state index contributed by atoms with van der Waals surface area (Å²) >= 11 is 7.45. The number of hydrogen-bond donors (Lipinski definition) is 2. The standard InChI is InChI=1S/C21H18ClFN2O3S2/c1-2-10-24-30(27,28)19-12-15(5-8-18(19)23)21(26)25-20(16-9-11-29-13-16)14-3-6-17(22)7-4-14/h2-9,11-13,20,24H,1,10H2,(H,25,26). The lowest BCUT2D eigenvalue weighted by molar-refractivity contribution is 0.0942. The highest BCUT2D eigenvalue weighted by atomic mass is 35.5. The van der Waals surface area contributed by atoms with Crippen LogP contribution < -0.4 is 10.0 Å². The van der Waals surface area contributed by atoms with Gasteiger partial charge in [0.1, 0.15) is 10.7 Å². The Morgan fingerprint density at radius 2 is 1.90 bits per heavy atom. The number of rotatable bonds is 8. The van der Waals surface area contributed by atoms with Gasteiger partial charge in [-0.25, -0.2) is 17.5 Å². The second kappa shape index (κ2) is 9.53. The van der Waals surface area contributed by atoms with Crippen molar-refractivity contribution >= 4 is 38.9 Å². The quantitative estimate of drug-likeness (QED) is 0.481. The van der Waals surface area contributed by atoms with Gasteiger partial charge in [-0.05, 0) is 58.3 Å². The van der Waals surface area contributed by atoms with E-state index in [1.165, 1.54) is 23.5 Å². The van der Waals surface area contributed by atoms with Gasteiger partial charge in [0.2, 0.25) is 10.0 Å². The van der Waals surface area contributed by atoms with E-state index >= 15 is 0 Å². The molecule has 1 atom stereocenters. The first-order valence-corrected chi connectivity index (χ1v) is 11.6. The third-order valence-electron chi connectivity index (χ3n) is 4.26. The Kier molecular flexibility index (Phi) is 7.04. The molecule has 1 unspecified atom stereocenters. The van der Waals surface area contributed by atoms with Gasteiger partial charge in [0, 0.05) is 17.1 Å². The number of carbonyl (C=O) groups excluding carboxylic acids is 1. The van der Waals surface area contributed by atoms with Crippen molar-refractivity contribution in [2.45, 2.75) is 10.9 Å². The van der Waals surface area contributed by atoms with Crippen LogP contribution in [0.1, 0.15) is 27.5 Å². The Bertz CT molecular complexity index is 1150. The summed E-state index contributed by atoms with van der Waals surface area (Å²) in [5.41, 5.74) is 1.68. The van der Waals surface area contributed by atoms with E-state index in [1.807, 2.05) is 16.8 Å². The van der Waals surface area contributed by atoms with Crippen LogP contribution in [0.25, 0.3) is 0 Å². The number of hydrogen-bond acceptors (Lipinski definition) is 4. The Hall–Kier alpha value is -2.52. The van der Waals surface area contributed by atoms with Crippen LogP contribution in [0.2, 0.25) is 5.02 Å². The van der Waals surface area contributed by atoms with E-state index in [-0.39, 0.29) is 12.1 Å². The van der Waals surface area contributed by atoms with Gasteiger partial charge in [-0.1, -0.05) is 29.8 Å². The van der Waals surface area contributed by atoms with Crippen LogP contribution in [0, 0.1) is 5.82 Å². The summed E-state index contributed by atoms with van der Waals surface area (Å²) < 4.78 is 41.0. The maximum atomic E-state index is 14.2. The molecule has 0 saturated carbocycles. The summed E-state index contributed by atoms with van der Waals surface area (Å²) in [6, 6.07) is 11.6. The van der Waals surface area contributed by atoms with E-state index in [0.717, 1.165) is 23.3 Å². The van der Waals surface area contributed by atoms with E-state index in [1.54, 1.807) is 24.3 Å². The Labute approximate surface area is 183 Å². The van der Waals surface area contributed by atoms with Crippen LogP contribution in [0.5, 0.6) is 0 Å². The average Bonchev–Trinajstić information content (AvgIpc) is 3.26. The fourth-order valence-electron chi connectivity index (χ4n) is 2.76. The zero-order valence-electron chi connectivity index (χ0n) is 15.6. The molecule has 1 heterocycles. The van der Waals surface area contributed by atoms with Crippen molar-refractivity contribution in [3.63, 3.8) is 0 Å². The number of halogens is 2. The number of nitrogens with one attached hydrogen (secondary N) is 2. The average molecular weight is 465 g/mol. The summed E-state index contributed by atoms with van der Waals surface area (Å²) in [6.07, 6.45) is 1.34. The minimum absolute atomic E-state index is 0.0181. The molecule has 156 valence electrons. The van der Waals surface area contributed by atoms with Crippen LogP contribution in [-0.2, 0) is 10.0 Å². The molecule has 5 nitrogen and oxygen atoms in total. The summed E-state index contributed by atoms with van der Waals surface area (Å²) in [6.45, 7) is 3.36. The highest BCUT2D eigenvalue weighted by Gasteiger charge is 2.23. The summed E-state index contributed by atoms with van der Waals surface area (Å²) in [5.74, 6) is -1.49. The maximum absolute atomic E-state index is 14.2. The van der Waals surface area contributed by atoms with Gasteiger partial charge >= 0.3 is 0 Å². The minimum Gasteiger partial charge on any atom is -0.341 e. The molecular weight excluding hydrogens is 447 g/mol. The molecule has 1 amide bonds. The number of carbonyl (C=O) groups is 1. The Morgan fingerprint density at radius 1 is 1.17 bits per heavy atom. The fourth-order valence-corrected chi connectivity index (χ4v) is 4.68. The summed E-state index contributed by atoms with van der Waals surface area (Å²) in [4.78, 5) is 12.3. The topological polar surface area (TPSA) is 75.3 Å². The monoisotopic (exact) mass is 464 g/mol. The number of benzene rings is 2. The molecule has 0 aliphatic rings. The molecule has 0 aliphatic heterocycles. The molecule has 3 aromatic rings. The molecule has 3 rings (SSSR count). The van der Waals surface area contributed by atoms with Crippen LogP contribution >= 0.6 is 22.9 Å². The highest BCUT2D eigenvalue weighted by molar-refractivity contribution is 7.89. The predicted octanol–water partition coefficient (Wildman–Crippen LogP) is 4.52. The molecule has 0 saturated heterocycles. The molecule has 2 aromatic carbocycles. The van der Waals surface area contributed by atoms with E-state index in [4.69, 9.17) is 11.6 Å². The van der Waals surface area contributed by atoms with Gasteiger partial charge in [0.25, 0.3) is 5.91 Å². The summed E-state index contributed by atoms with van der Waals surface area (Å²) in [5, 5.41) is 7.24. The smallest absolute Gasteiger partial charge is 0.252 e. The fraction of sp³-hybridized carbons (Fsp3) is 0.0952. The SMILES string of the molecule is C=CCNS(=O)(=O)c1cc(C(=O)NC(c2ccc(Cl)cc2)c2ccsc2)ccc1F. The molecule has 0 fully saturated rings. The zero-order chi connectivity index (χ0) is 21.7. The zero-order valence-corrected chi connectivity index (χ0v) is 18.0. The van der Waals surface area contributed by atoms with Crippen molar-refractivity contribution < 1.29 is 17.6 Å². The molecule has 2 N–H and O–H groups in total. The maximum Gasteiger partial charge on any atom is 0.252 e. The van der Waals surface area contributed by atoms with Crippen molar-refractivity contribution in [1.29, 1.82) is 0 Å². The van der Waals surface area contributed by atoms with E-state index in [2.05, 4.69) is 16.6 Å². The molecule has 30 heavy (non-hydrogen) atoms. The van der Waals surface area contributed by atoms with Crippen molar-refractivity contribution in [2.24, 2.45) is 0 Å². The third-order valence-corrected chi connectivity index (χ3v) is 6.65. The molecule has 0 spiro atoms. The first-order chi connectivity index (χ1) is 14.3. The number of thiophene rings is 1. The molecule has 0 radical (unpaired) electrons. The first kappa shape index (κ1) is 22.2. The van der Waals surface area contributed by atoms with Crippen molar-refractivity contribution in [3.05, 3.63) is 99.5 Å². The Balaban J connectivity index is 1.92. The predicted molar refractivity (Wildman–Crippen MR) is 117 cm³/mol. The van der Waals surface area contributed by atoms with Gasteiger partial charge < -0.3 is 5.32 Å². The number of sulfonamides is 1. The molecule has 1 aromatic heterocycles. The van der Waals surface area contributed by atoms with E-state index < -0.39 is 32.7 Å². The van der Waals surface area contributed by atoms with Crippen LogP contribution in [-0.4, -0.2) is 20.9 Å². The second-order valence-corrected chi connectivity index (χ2v) is 9.25. The lowest BCUT2D eigenvalue weighted by atomic mass is 10.0. The van der Waals surface area contributed by atoms with Crippen molar-refractivity contribution in [2.75, 3.05) is 6.54 Å². The van der Waals surface area contributed by atoms with Crippen molar-refractivity contribution in [3.8, 4) is 0 Å². The molecule has 0 bridgehead atoms. The molecule has 9 heteroatoms. The van der Waals surface area contributed by atoms with Crippen LogP contribution in [0.15, 0.2) is 76.8 Å². The third kappa shape index (κ3) is 5.14.